The second-order valence-corrected chi connectivity index (χ2v) is 6.72. The fourth-order valence-corrected chi connectivity index (χ4v) is 3.22. The van der Waals surface area contributed by atoms with Gasteiger partial charge in [0, 0.05) is 25.3 Å². The molecule has 0 atom stereocenters. The van der Waals surface area contributed by atoms with E-state index in [1.54, 1.807) is 0 Å². The van der Waals surface area contributed by atoms with Crippen LogP contribution >= 0.6 is 0 Å². The maximum atomic E-state index is 12.6. The summed E-state index contributed by atoms with van der Waals surface area (Å²) in [6.07, 6.45) is 0. The Morgan fingerprint density at radius 2 is 1.62 bits per heavy atom. The smallest absolute Gasteiger partial charge is 0.261 e. The van der Waals surface area contributed by atoms with Crippen LogP contribution in [0.4, 0.5) is 5.69 Å². The number of benzene rings is 2. The van der Waals surface area contributed by atoms with E-state index in [4.69, 9.17) is 4.74 Å². The van der Waals surface area contributed by atoms with Crippen molar-refractivity contribution in [1.82, 2.24) is 4.90 Å². The Morgan fingerprint density at radius 3 is 2.25 bits per heavy atom. The maximum absolute atomic E-state index is 12.6. The van der Waals surface area contributed by atoms with Crippen LogP contribution in [-0.4, -0.2) is 42.6 Å². The van der Waals surface area contributed by atoms with Gasteiger partial charge in [0.25, 0.3) is 5.91 Å². The second-order valence-electron chi connectivity index (χ2n) is 6.72. The Bertz CT molecular complexity index is 671. The van der Waals surface area contributed by atoms with Crippen molar-refractivity contribution in [2.24, 2.45) is 0 Å². The van der Waals surface area contributed by atoms with Crippen molar-refractivity contribution in [2.45, 2.75) is 19.4 Å². The van der Waals surface area contributed by atoms with Crippen LogP contribution in [0, 0.1) is 0 Å². The number of para-hydroxylation sites is 2. The van der Waals surface area contributed by atoms with Crippen LogP contribution in [-0.2, 0) is 4.79 Å². The predicted octanol–water partition coefficient (Wildman–Crippen LogP) is 3.19. The summed E-state index contributed by atoms with van der Waals surface area (Å²) in [6.45, 7) is 6.67. The number of ether oxygens (including phenoxy) is 1. The van der Waals surface area contributed by atoms with Crippen molar-refractivity contribution in [3.8, 4) is 5.75 Å². The SMILES string of the molecule is CC1(C)CN(c2ccccc2)CCN1C(=O)COc1ccccc1. The van der Waals surface area contributed by atoms with E-state index in [2.05, 4.69) is 30.9 Å². The molecule has 4 heteroatoms. The fraction of sp³-hybridized carbons (Fsp3) is 0.350. The quantitative estimate of drug-likeness (QED) is 0.866. The van der Waals surface area contributed by atoms with Gasteiger partial charge in [-0.3, -0.25) is 4.79 Å². The summed E-state index contributed by atoms with van der Waals surface area (Å²) in [6, 6.07) is 19.8. The molecule has 24 heavy (non-hydrogen) atoms. The average Bonchev–Trinajstić information content (AvgIpc) is 2.60. The van der Waals surface area contributed by atoms with E-state index < -0.39 is 0 Å². The van der Waals surface area contributed by atoms with E-state index in [0.29, 0.717) is 6.54 Å². The summed E-state index contributed by atoms with van der Waals surface area (Å²) in [7, 11) is 0. The number of hydrogen-bond acceptors (Lipinski definition) is 3. The van der Waals surface area contributed by atoms with E-state index in [-0.39, 0.29) is 18.1 Å². The molecule has 2 aromatic rings. The number of carbonyl (C=O) groups excluding carboxylic acids is 1. The predicted molar refractivity (Wildman–Crippen MR) is 96.4 cm³/mol. The highest BCUT2D eigenvalue weighted by Gasteiger charge is 2.36. The molecule has 0 unspecified atom stereocenters. The van der Waals surface area contributed by atoms with Crippen molar-refractivity contribution in [2.75, 3.05) is 31.1 Å². The van der Waals surface area contributed by atoms with Crippen molar-refractivity contribution in [1.29, 1.82) is 0 Å². The lowest BCUT2D eigenvalue weighted by Gasteiger charge is -2.47. The van der Waals surface area contributed by atoms with Gasteiger partial charge < -0.3 is 14.5 Å². The minimum Gasteiger partial charge on any atom is -0.484 e. The fourth-order valence-electron chi connectivity index (χ4n) is 3.22. The molecule has 126 valence electrons. The average molecular weight is 324 g/mol. The summed E-state index contributed by atoms with van der Waals surface area (Å²) in [5.74, 6) is 0.767. The summed E-state index contributed by atoms with van der Waals surface area (Å²) < 4.78 is 5.62. The highest BCUT2D eigenvalue weighted by Crippen LogP contribution is 2.25. The van der Waals surface area contributed by atoms with E-state index in [1.807, 2.05) is 53.4 Å². The first-order chi connectivity index (χ1) is 11.6. The topological polar surface area (TPSA) is 32.8 Å². The third-order valence-corrected chi connectivity index (χ3v) is 4.43. The summed E-state index contributed by atoms with van der Waals surface area (Å²) >= 11 is 0. The van der Waals surface area contributed by atoms with Gasteiger partial charge in [0.15, 0.2) is 6.61 Å². The van der Waals surface area contributed by atoms with Gasteiger partial charge in [-0.25, -0.2) is 0 Å². The number of rotatable bonds is 4. The van der Waals surface area contributed by atoms with Crippen LogP contribution in [0.3, 0.4) is 0 Å². The lowest BCUT2D eigenvalue weighted by molar-refractivity contribution is -0.139. The molecule has 1 aliphatic rings. The lowest BCUT2D eigenvalue weighted by Crippen LogP contribution is -2.62. The van der Waals surface area contributed by atoms with Crippen molar-refractivity contribution in [3.63, 3.8) is 0 Å². The number of piperazine rings is 1. The Hall–Kier alpha value is -2.49. The third kappa shape index (κ3) is 3.70. The molecule has 1 amide bonds. The Kier molecular flexibility index (Phi) is 4.74. The second kappa shape index (κ2) is 6.95. The highest BCUT2D eigenvalue weighted by molar-refractivity contribution is 5.79. The first kappa shape index (κ1) is 16.4. The van der Waals surface area contributed by atoms with E-state index in [0.717, 1.165) is 18.8 Å². The number of hydrogen-bond donors (Lipinski definition) is 0. The molecule has 0 saturated carbocycles. The van der Waals surface area contributed by atoms with Gasteiger partial charge in [-0.15, -0.1) is 0 Å². The zero-order valence-corrected chi connectivity index (χ0v) is 14.3. The van der Waals surface area contributed by atoms with Crippen LogP contribution in [0.1, 0.15) is 13.8 Å². The molecule has 0 aromatic heterocycles. The van der Waals surface area contributed by atoms with E-state index in [1.165, 1.54) is 5.69 Å². The summed E-state index contributed by atoms with van der Waals surface area (Å²) in [5.41, 5.74) is 0.976. The molecule has 0 radical (unpaired) electrons. The molecule has 2 aromatic carbocycles. The highest BCUT2D eigenvalue weighted by atomic mass is 16.5. The van der Waals surface area contributed by atoms with E-state index in [9.17, 15) is 4.79 Å². The molecular formula is C20H24N2O2. The zero-order valence-electron chi connectivity index (χ0n) is 14.3. The van der Waals surface area contributed by atoms with Crippen LogP contribution in [0.25, 0.3) is 0 Å². The number of amides is 1. The van der Waals surface area contributed by atoms with Gasteiger partial charge in [0.05, 0.1) is 5.54 Å². The molecule has 0 spiro atoms. The zero-order chi connectivity index (χ0) is 17.0. The maximum Gasteiger partial charge on any atom is 0.261 e. The van der Waals surface area contributed by atoms with Crippen molar-refractivity contribution >= 4 is 11.6 Å². The normalized spacial score (nSPS) is 16.8. The van der Waals surface area contributed by atoms with Crippen LogP contribution in [0.5, 0.6) is 5.75 Å². The Balaban J connectivity index is 1.62. The van der Waals surface area contributed by atoms with Crippen LogP contribution < -0.4 is 9.64 Å². The first-order valence-electron chi connectivity index (χ1n) is 8.34. The lowest BCUT2D eigenvalue weighted by atomic mass is 9.98. The summed E-state index contributed by atoms with van der Waals surface area (Å²) in [5, 5.41) is 0. The van der Waals surface area contributed by atoms with Crippen LogP contribution in [0.2, 0.25) is 0 Å². The first-order valence-corrected chi connectivity index (χ1v) is 8.34. The molecule has 1 aliphatic heterocycles. The number of carbonyl (C=O) groups is 1. The number of nitrogens with zero attached hydrogens (tertiary/aromatic N) is 2. The van der Waals surface area contributed by atoms with Crippen molar-refractivity contribution in [3.05, 3.63) is 60.7 Å². The molecule has 0 bridgehead atoms. The monoisotopic (exact) mass is 324 g/mol. The minimum absolute atomic E-state index is 0.0385. The minimum atomic E-state index is -0.231. The van der Waals surface area contributed by atoms with Gasteiger partial charge in [-0.2, -0.15) is 0 Å². The molecule has 4 nitrogen and oxygen atoms in total. The molecular weight excluding hydrogens is 300 g/mol. The van der Waals surface area contributed by atoms with Gasteiger partial charge in [-0.05, 0) is 38.1 Å². The third-order valence-electron chi connectivity index (χ3n) is 4.43. The summed E-state index contributed by atoms with van der Waals surface area (Å²) in [4.78, 5) is 16.9. The van der Waals surface area contributed by atoms with Gasteiger partial charge in [-0.1, -0.05) is 36.4 Å². The van der Waals surface area contributed by atoms with Crippen molar-refractivity contribution < 1.29 is 9.53 Å². The Morgan fingerprint density at radius 1 is 1.00 bits per heavy atom. The molecule has 1 heterocycles. The number of anilines is 1. The largest absolute Gasteiger partial charge is 0.484 e. The molecule has 0 N–H and O–H groups in total. The van der Waals surface area contributed by atoms with E-state index >= 15 is 0 Å². The molecule has 1 fully saturated rings. The van der Waals surface area contributed by atoms with Crippen LogP contribution in [0.15, 0.2) is 60.7 Å². The molecule has 1 saturated heterocycles. The van der Waals surface area contributed by atoms with Gasteiger partial charge >= 0.3 is 0 Å². The standard InChI is InChI=1S/C20H24N2O2/c1-20(2)16-21(17-9-5-3-6-10-17)13-14-22(20)19(23)15-24-18-11-7-4-8-12-18/h3-12H,13-16H2,1-2H3. The van der Waals surface area contributed by atoms with Gasteiger partial charge in [0.1, 0.15) is 5.75 Å². The molecule has 0 aliphatic carbocycles. The van der Waals surface area contributed by atoms with Gasteiger partial charge in [0.2, 0.25) is 0 Å². The molecule has 3 rings (SSSR count). The Labute approximate surface area is 143 Å².